The number of ether oxygens (including phenoxy) is 4. The van der Waals surface area contributed by atoms with Gasteiger partial charge in [-0.3, -0.25) is 9.59 Å². The van der Waals surface area contributed by atoms with Crippen LogP contribution in [0.5, 0.6) is 0 Å². The fourth-order valence-electron chi connectivity index (χ4n) is 7.80. The summed E-state index contributed by atoms with van der Waals surface area (Å²) >= 11 is 0. The number of unbranched alkanes of at least 4 members (excludes halogenated alkanes) is 22. The van der Waals surface area contributed by atoms with Crippen LogP contribution in [-0.2, 0) is 33.3 Å². The maximum Gasteiger partial charge on any atom is 0.306 e. The second-order valence-electron chi connectivity index (χ2n) is 20.5. The van der Waals surface area contributed by atoms with Gasteiger partial charge in [-0.15, -0.1) is 0 Å². The van der Waals surface area contributed by atoms with Crippen LogP contribution in [0.3, 0.4) is 0 Å². The average molecular weight is 1020 g/mol. The number of carboxylic acids is 1. The van der Waals surface area contributed by atoms with Crippen molar-refractivity contribution in [2.45, 2.75) is 245 Å². The molecule has 0 aliphatic carbocycles. The number of aliphatic carboxylic acids is 1. The zero-order valence-corrected chi connectivity index (χ0v) is 47.5. The van der Waals surface area contributed by atoms with Gasteiger partial charge in [-0.1, -0.05) is 220 Å². The summed E-state index contributed by atoms with van der Waals surface area (Å²) in [6.07, 6.45) is 70.2. The van der Waals surface area contributed by atoms with Gasteiger partial charge in [0.05, 0.1) is 40.3 Å². The molecule has 9 heteroatoms. The topological polar surface area (TPSA) is 111 Å². The molecule has 0 bridgehead atoms. The lowest BCUT2D eigenvalue weighted by Crippen LogP contribution is -2.44. The van der Waals surface area contributed by atoms with E-state index in [2.05, 4.69) is 111 Å². The first-order valence-electron chi connectivity index (χ1n) is 29.4. The Balaban J connectivity index is 4.29. The highest BCUT2D eigenvalue weighted by atomic mass is 16.7. The van der Waals surface area contributed by atoms with Gasteiger partial charge in [0, 0.05) is 12.8 Å². The second kappa shape index (κ2) is 54.5. The Hall–Kier alpha value is -3.79. The summed E-state index contributed by atoms with van der Waals surface area (Å²) in [6.45, 7) is 4.61. The minimum absolute atomic E-state index is 0.140. The Morgan fingerprint density at radius 1 is 0.425 bits per heavy atom. The number of nitrogens with zero attached hydrogens (tertiary/aromatic N) is 1. The van der Waals surface area contributed by atoms with Gasteiger partial charge in [-0.25, -0.2) is 0 Å². The van der Waals surface area contributed by atoms with E-state index in [4.69, 9.17) is 18.9 Å². The van der Waals surface area contributed by atoms with Gasteiger partial charge in [-0.05, 0) is 96.3 Å². The summed E-state index contributed by atoms with van der Waals surface area (Å²) in [5, 5.41) is 11.8. The molecule has 2 atom stereocenters. The summed E-state index contributed by atoms with van der Waals surface area (Å²) in [5.74, 6) is -2.31. The van der Waals surface area contributed by atoms with Crippen molar-refractivity contribution in [1.29, 1.82) is 0 Å². The smallest absolute Gasteiger partial charge is 0.306 e. The second-order valence-corrected chi connectivity index (χ2v) is 20.5. The SMILES string of the molecule is CC/C=C\C/C=C\C/C=C\C/C=C\C/C=C\C/C=C\C/C=C\CCCCCCCCCC(=O)OC(COC(=O)CCCCCCCCCCC/C=C\CCCCCCCC)COC(OCC[N+](C)(C)C)C(=O)[O-]. The van der Waals surface area contributed by atoms with Crippen LogP contribution in [0.1, 0.15) is 232 Å². The van der Waals surface area contributed by atoms with Crippen LogP contribution in [0.2, 0.25) is 0 Å². The highest BCUT2D eigenvalue weighted by Crippen LogP contribution is 2.15. The van der Waals surface area contributed by atoms with E-state index in [0.29, 0.717) is 17.4 Å². The van der Waals surface area contributed by atoms with Crippen LogP contribution in [0.25, 0.3) is 0 Å². The summed E-state index contributed by atoms with van der Waals surface area (Å²) in [4.78, 5) is 37.3. The minimum Gasteiger partial charge on any atom is -0.545 e. The first kappa shape index (κ1) is 69.2. The zero-order valence-electron chi connectivity index (χ0n) is 47.5. The maximum absolute atomic E-state index is 12.9. The van der Waals surface area contributed by atoms with E-state index in [1.165, 1.54) is 109 Å². The molecular formula is C64H109NO8. The molecule has 0 radical (unpaired) electrons. The molecule has 0 saturated carbocycles. The normalized spacial score (nSPS) is 13.5. The number of rotatable bonds is 53. The molecule has 0 aromatic rings. The lowest BCUT2D eigenvalue weighted by molar-refractivity contribution is -0.870. The van der Waals surface area contributed by atoms with Crippen molar-refractivity contribution in [1.82, 2.24) is 0 Å². The fourth-order valence-corrected chi connectivity index (χ4v) is 7.80. The lowest BCUT2D eigenvalue weighted by atomic mass is 10.1. The van der Waals surface area contributed by atoms with Crippen LogP contribution >= 0.6 is 0 Å². The molecule has 0 aliphatic rings. The average Bonchev–Trinajstić information content (AvgIpc) is 3.36. The molecule has 0 amide bonds. The summed E-state index contributed by atoms with van der Waals surface area (Å²) in [7, 11) is 5.91. The predicted molar refractivity (Wildman–Crippen MR) is 306 cm³/mol. The Kier molecular flexibility index (Phi) is 51.6. The number of hydrogen-bond donors (Lipinski definition) is 0. The van der Waals surface area contributed by atoms with Crippen molar-refractivity contribution >= 4 is 17.9 Å². The highest BCUT2D eigenvalue weighted by molar-refractivity contribution is 5.70. The summed E-state index contributed by atoms with van der Waals surface area (Å²) in [5.41, 5.74) is 0. The van der Waals surface area contributed by atoms with Gasteiger partial charge < -0.3 is 33.3 Å². The van der Waals surface area contributed by atoms with Crippen molar-refractivity contribution in [2.24, 2.45) is 0 Å². The van der Waals surface area contributed by atoms with Crippen LogP contribution in [-0.4, -0.2) is 82.3 Å². The number of carboxylic acid groups (broad SMARTS) is 1. The molecule has 0 N–H and O–H groups in total. The molecule has 73 heavy (non-hydrogen) atoms. The highest BCUT2D eigenvalue weighted by Gasteiger charge is 2.22. The van der Waals surface area contributed by atoms with E-state index < -0.39 is 24.3 Å². The molecule has 0 fully saturated rings. The van der Waals surface area contributed by atoms with Crippen molar-refractivity contribution in [3.8, 4) is 0 Å². The van der Waals surface area contributed by atoms with Crippen LogP contribution < -0.4 is 5.11 Å². The van der Waals surface area contributed by atoms with Gasteiger partial charge in [-0.2, -0.15) is 0 Å². The van der Waals surface area contributed by atoms with Crippen LogP contribution in [0.15, 0.2) is 97.2 Å². The Labute approximate surface area is 448 Å². The van der Waals surface area contributed by atoms with E-state index in [0.717, 1.165) is 89.9 Å². The van der Waals surface area contributed by atoms with Gasteiger partial charge >= 0.3 is 11.9 Å². The first-order chi connectivity index (χ1) is 35.6. The monoisotopic (exact) mass is 1020 g/mol. The number of carbonyl (C=O) groups excluding carboxylic acids is 3. The number of allylic oxidation sites excluding steroid dienone is 16. The minimum atomic E-state index is -1.63. The van der Waals surface area contributed by atoms with Crippen molar-refractivity contribution < 1.29 is 42.9 Å². The zero-order chi connectivity index (χ0) is 53.4. The third-order valence-electron chi connectivity index (χ3n) is 12.3. The van der Waals surface area contributed by atoms with Gasteiger partial charge in [0.25, 0.3) is 0 Å². The Bertz CT molecular complexity index is 1520. The summed E-state index contributed by atoms with van der Waals surface area (Å²) < 4.78 is 22.7. The Morgan fingerprint density at radius 3 is 1.18 bits per heavy atom. The van der Waals surface area contributed by atoms with Crippen molar-refractivity contribution in [3.05, 3.63) is 97.2 Å². The van der Waals surface area contributed by atoms with Crippen molar-refractivity contribution in [2.75, 3.05) is 47.5 Å². The predicted octanol–water partition coefficient (Wildman–Crippen LogP) is 16.0. The number of esters is 2. The Morgan fingerprint density at radius 2 is 0.781 bits per heavy atom. The van der Waals surface area contributed by atoms with E-state index in [1.807, 2.05) is 21.1 Å². The number of hydrogen-bond acceptors (Lipinski definition) is 8. The fraction of sp³-hybridized carbons (Fsp3) is 0.703. The van der Waals surface area contributed by atoms with Gasteiger partial charge in [0.2, 0.25) is 0 Å². The third-order valence-corrected chi connectivity index (χ3v) is 12.3. The van der Waals surface area contributed by atoms with E-state index in [9.17, 15) is 19.5 Å². The van der Waals surface area contributed by atoms with E-state index in [1.54, 1.807) is 0 Å². The molecule has 9 nitrogen and oxygen atoms in total. The molecule has 0 aromatic carbocycles. The number of quaternary nitrogens is 1. The largest absolute Gasteiger partial charge is 0.545 e. The molecule has 0 aromatic heterocycles. The number of carbonyl (C=O) groups is 3. The quantitative estimate of drug-likeness (QED) is 0.0195. The molecule has 0 rings (SSSR count). The van der Waals surface area contributed by atoms with E-state index >= 15 is 0 Å². The first-order valence-corrected chi connectivity index (χ1v) is 29.4. The van der Waals surface area contributed by atoms with Crippen molar-refractivity contribution in [3.63, 3.8) is 0 Å². The maximum atomic E-state index is 12.9. The molecule has 0 spiro atoms. The number of likely N-dealkylation sites (N-methyl/N-ethyl adjacent to an activating group) is 1. The molecule has 418 valence electrons. The standard InChI is InChI=1S/C64H109NO8/c1-6-8-10-12-14-16-18-20-22-24-26-27-28-29-30-31-32-33-34-35-37-39-41-43-45-47-49-51-53-55-62(67)73-60(59-72-64(63(68)69)70-57-56-65(3,4)5)58-71-61(66)54-52-50-48-46-44-42-40-38-36-25-23-21-19-17-15-13-11-9-7-2/h8,10,14,16,20-23,26-27,29-30,32-33,35,37,60,64H,6-7,9,11-13,15,17-19,24-25,28,31,34,36,38-59H2,1-5H3/b10-8-,16-14-,22-20-,23-21-,27-26-,30-29-,33-32-,37-35-. The summed E-state index contributed by atoms with van der Waals surface area (Å²) in [6, 6.07) is 0. The molecule has 2 unspecified atom stereocenters. The van der Waals surface area contributed by atoms with Crippen LogP contribution in [0.4, 0.5) is 0 Å². The van der Waals surface area contributed by atoms with Gasteiger partial charge in [0.15, 0.2) is 12.4 Å². The molecular weight excluding hydrogens is 911 g/mol. The molecule has 0 heterocycles. The lowest BCUT2D eigenvalue weighted by Gasteiger charge is -2.26. The third kappa shape index (κ3) is 55.8. The van der Waals surface area contributed by atoms with E-state index in [-0.39, 0.29) is 38.6 Å². The molecule has 0 saturated heterocycles. The van der Waals surface area contributed by atoms with Crippen LogP contribution in [0, 0.1) is 0 Å². The van der Waals surface area contributed by atoms with Gasteiger partial charge in [0.1, 0.15) is 13.2 Å². The molecule has 0 aliphatic heterocycles.